The van der Waals surface area contributed by atoms with Crippen molar-refractivity contribution in [3.05, 3.63) is 164 Å². The van der Waals surface area contributed by atoms with Gasteiger partial charge in [-0.15, -0.1) is 0 Å². The molecule has 0 spiro atoms. The standard InChI is InChI=1S/C88H100Cl2N10O28/c1-38(2)13-10-8-7-9-11-14-61(106)94-70-73(109)75(111)78(86(120)121-6)128-87(70)127-77-58-31-43-32-59(77)124-55-24-19-42(29-50(55)89)71(107)69-85(119)98-67(80(114)92-25-12-26-100(4)5)48-33-44(102)34-57(125-88-76(112)74(110)72(108)60(37-101)126-88)62(48)47-28-40(17-22-52(47)103)65(82(116)99-69)95-83(117)66(43)96-84(118)68-49-35-46(36-54(105)63(49)90)123-56-30-41(18-23-53(56)104)64(91-3)81(115)93-51(79(113)97-68)27-39-15-20-45(122-58)21-16-39/h15-24,28-36,38,51,60,64-76,78,87-88,91,101-105,107-112H,7-14,25-27,37H2,1-6H3,(H,92,114)(H,93,115)(H,94,106)(H,95,117)(H,96,118)(H,97,113)(H,98,119)(H,99,116)/t51-,60-,64-,65-,66-,67+,68+,69+,70-,71-,72-,73-,74+,75+,76+,78+,87-,88+/m1/s1. The Morgan fingerprint density at radius 3 is 1.93 bits per heavy atom. The van der Waals surface area contributed by atoms with Gasteiger partial charge in [-0.25, -0.2) is 4.79 Å². The topological polar surface area (TPSA) is 562 Å². The smallest absolute Gasteiger partial charge is 0.337 e. The number of aliphatic hydroxyl groups excluding tert-OH is 7. The predicted molar refractivity (Wildman–Crippen MR) is 452 cm³/mol. The number of nitrogens with zero attached hydrogens (tertiary/aromatic N) is 1. The summed E-state index contributed by atoms with van der Waals surface area (Å²) >= 11 is 14.3. The van der Waals surface area contributed by atoms with Gasteiger partial charge in [-0.05, 0) is 153 Å². The highest BCUT2D eigenvalue weighted by Gasteiger charge is 2.52. The quantitative estimate of drug-likeness (QED) is 0.0359. The van der Waals surface area contributed by atoms with E-state index in [9.17, 15) is 70.6 Å². The maximum Gasteiger partial charge on any atom is 0.337 e. The fourth-order valence-corrected chi connectivity index (χ4v) is 16.3. The number of aromatic hydroxyl groups is 4. The van der Waals surface area contributed by atoms with Crippen LogP contribution in [0.4, 0.5) is 0 Å². The number of phenols is 4. The summed E-state index contributed by atoms with van der Waals surface area (Å²) in [6.07, 6.45) is -16.2. The van der Waals surface area contributed by atoms with Crippen LogP contribution in [0.15, 0.2) is 115 Å². The molecule has 0 radical (unpaired) electrons. The molecule has 15 rings (SSSR count). The lowest BCUT2D eigenvalue weighted by molar-refractivity contribution is -0.277. The third kappa shape index (κ3) is 20.9. The number of rotatable bonds is 21. The van der Waals surface area contributed by atoms with Crippen LogP contribution in [0.25, 0.3) is 11.1 Å². The maximum absolute atomic E-state index is 16.9. The number of hydrogen-bond acceptors (Lipinski definition) is 30. The number of aliphatic hydroxyl groups is 7. The second-order valence-corrected chi connectivity index (χ2v) is 33.3. The third-order valence-corrected chi connectivity index (χ3v) is 23.4. The van der Waals surface area contributed by atoms with Crippen LogP contribution in [-0.4, -0.2) is 236 Å². The minimum Gasteiger partial charge on any atom is -0.508 e. The summed E-state index contributed by atoms with van der Waals surface area (Å²) in [7, 11) is 5.93. The van der Waals surface area contributed by atoms with Crippen LogP contribution in [0.1, 0.15) is 140 Å². The Labute approximate surface area is 742 Å². The van der Waals surface area contributed by atoms with Crippen molar-refractivity contribution in [2.75, 3.05) is 47.9 Å². The fourth-order valence-electron chi connectivity index (χ4n) is 15.8. The Morgan fingerprint density at radius 1 is 0.570 bits per heavy atom. The van der Waals surface area contributed by atoms with E-state index in [1.165, 1.54) is 55.6 Å². The highest BCUT2D eigenvalue weighted by Crippen LogP contribution is 2.51. The Morgan fingerprint density at radius 2 is 1.23 bits per heavy atom. The number of nitrogens with one attached hydrogen (secondary N) is 9. The van der Waals surface area contributed by atoms with Gasteiger partial charge in [-0.3, -0.25) is 38.4 Å². The van der Waals surface area contributed by atoms with Crippen molar-refractivity contribution in [1.82, 2.24) is 52.8 Å². The number of unbranched alkanes of at least 4 members (excludes halogenated alkanes) is 4. The molecule has 2 saturated heterocycles. The second-order valence-electron chi connectivity index (χ2n) is 32.5. The zero-order chi connectivity index (χ0) is 92.0. The van der Waals surface area contributed by atoms with E-state index in [-0.39, 0.29) is 41.3 Å². The van der Waals surface area contributed by atoms with Crippen molar-refractivity contribution in [3.63, 3.8) is 0 Å². The molecule has 128 heavy (non-hydrogen) atoms. The summed E-state index contributed by atoms with van der Waals surface area (Å²) in [5.41, 5.74) is -2.59. The molecule has 8 heterocycles. The minimum atomic E-state index is -2.44. The van der Waals surface area contributed by atoms with Gasteiger partial charge in [0.25, 0.3) is 0 Å². The number of phenolic OH excluding ortho intramolecular Hbond substituents is 4. The van der Waals surface area contributed by atoms with Gasteiger partial charge in [0.1, 0.15) is 131 Å². The highest BCUT2D eigenvalue weighted by atomic mass is 35.5. The molecule has 0 saturated carbocycles. The zero-order valence-corrected chi connectivity index (χ0v) is 71.5. The molecular weight excluding hydrogens is 1720 g/mol. The number of fused-ring (bicyclic) bond motifs is 14. The van der Waals surface area contributed by atoms with E-state index in [1.807, 2.05) is 4.90 Å². The van der Waals surface area contributed by atoms with Crippen LogP contribution in [-0.2, 0) is 63.8 Å². The Balaban J connectivity index is 1.05. The average Bonchev–Trinajstić information content (AvgIpc) is 0.767. The van der Waals surface area contributed by atoms with Crippen molar-refractivity contribution in [2.45, 2.75) is 181 Å². The third-order valence-electron chi connectivity index (χ3n) is 22.7. The van der Waals surface area contributed by atoms with Crippen LogP contribution in [0, 0.1) is 5.92 Å². The van der Waals surface area contributed by atoms with Crippen molar-refractivity contribution in [2.24, 2.45) is 5.92 Å². The number of likely N-dealkylation sites (N-methyl/N-ethyl adjacent to an activating group) is 1. The molecule has 7 aromatic carbocycles. The molecule has 8 aliphatic rings. The molecule has 0 aromatic heterocycles. The number of methoxy groups -OCH3 is 1. The van der Waals surface area contributed by atoms with Gasteiger partial charge >= 0.3 is 5.97 Å². The van der Waals surface area contributed by atoms with Crippen molar-refractivity contribution in [3.8, 4) is 80.1 Å². The summed E-state index contributed by atoms with van der Waals surface area (Å²) in [4.78, 5) is 141. The molecule has 40 heteroatoms. The number of halogens is 2. The maximum atomic E-state index is 16.9. The summed E-state index contributed by atoms with van der Waals surface area (Å²) in [6, 6.07) is 6.05. The SMILES string of the molecule is CN[C@H]1C(=O)N[C@@H]2Cc3ccc(cc3)Oc3cc4cc(c3O[C@@H]3O[C@H](C(=O)OC)[C@@H](O)[C@H](O)[C@H]3NC(=O)CCCCCCCC(C)C)Oc3ccc(cc3Cl)[C@@H](O)[C@@H]3NC(=O)[C@H](NC(=O)[C@@H]4NC(=O)[C@@H](NC2=O)c2cc(cc(O)c2Cl)Oc2cc1ccc2O)c1ccc(O)c(c1)-c1c(O[C@H]2O[C@H](CO)[C@@H](O)[C@H](O)[C@@H]2O)cc(O)cc1[C@@H](C(=O)NCCCN(C)C)NC3=O. The molecule has 8 amide bonds. The predicted octanol–water partition coefficient (Wildman–Crippen LogP) is 3.87. The first kappa shape index (κ1) is 93.7. The van der Waals surface area contributed by atoms with E-state index in [4.69, 9.17) is 61.1 Å². The van der Waals surface area contributed by atoms with E-state index in [2.05, 4.69) is 61.7 Å². The summed E-state index contributed by atoms with van der Waals surface area (Å²) in [6.45, 7) is 3.59. The van der Waals surface area contributed by atoms with Crippen molar-refractivity contribution < 1.29 is 137 Å². The lowest BCUT2D eigenvalue weighted by Crippen LogP contribution is -2.66. The largest absolute Gasteiger partial charge is 0.508 e. The molecule has 18 atom stereocenters. The summed E-state index contributed by atoms with van der Waals surface area (Å²) < 4.78 is 49.9. The first-order chi connectivity index (χ1) is 61.1. The number of amides is 8. The molecule has 8 aliphatic heterocycles. The molecule has 17 bridgehead atoms. The van der Waals surface area contributed by atoms with E-state index in [0.29, 0.717) is 37.3 Å². The first-order valence-electron chi connectivity index (χ1n) is 41.4. The van der Waals surface area contributed by atoms with E-state index in [0.717, 1.165) is 99.5 Å². The molecule has 7 aromatic rings. The van der Waals surface area contributed by atoms with Gasteiger partial charge in [0, 0.05) is 48.2 Å². The van der Waals surface area contributed by atoms with Crippen molar-refractivity contribution >= 4 is 76.4 Å². The van der Waals surface area contributed by atoms with Gasteiger partial charge in [-0.1, -0.05) is 99.5 Å². The number of benzene rings is 7. The molecule has 0 aliphatic carbocycles. The number of carbonyl (C=O) groups excluding carboxylic acids is 9. The molecule has 20 N–H and O–H groups in total. The molecule has 684 valence electrons. The summed E-state index contributed by atoms with van der Waals surface area (Å²) in [5, 5.41) is 151. The Bertz CT molecular complexity index is 5340. The van der Waals surface area contributed by atoms with Gasteiger partial charge in [-0.2, -0.15) is 0 Å². The second kappa shape index (κ2) is 40.6. The number of esters is 1. The monoisotopic (exact) mass is 1810 g/mol. The lowest BCUT2D eigenvalue weighted by atomic mass is 9.89. The molecule has 38 nitrogen and oxygen atoms in total. The van der Waals surface area contributed by atoms with Gasteiger partial charge in [0.2, 0.25) is 65.6 Å². The van der Waals surface area contributed by atoms with Gasteiger partial charge < -0.3 is 147 Å². The van der Waals surface area contributed by atoms with Crippen molar-refractivity contribution in [1.29, 1.82) is 0 Å². The zero-order valence-electron chi connectivity index (χ0n) is 70.0. The van der Waals surface area contributed by atoms with Crippen LogP contribution in [0.5, 0.6) is 69.0 Å². The van der Waals surface area contributed by atoms with Crippen LogP contribution in [0.3, 0.4) is 0 Å². The molecule has 0 unspecified atom stereocenters. The first-order valence-corrected chi connectivity index (χ1v) is 42.1. The number of ether oxygens (including phenoxy) is 8. The number of carbonyl (C=O) groups is 9. The highest BCUT2D eigenvalue weighted by molar-refractivity contribution is 6.33. The van der Waals surface area contributed by atoms with E-state index >= 15 is 28.8 Å². The van der Waals surface area contributed by atoms with E-state index in [1.54, 1.807) is 14.1 Å². The number of hydrogen-bond donors (Lipinski definition) is 20. The van der Waals surface area contributed by atoms with E-state index < -0.39 is 271 Å². The van der Waals surface area contributed by atoms with Crippen LogP contribution in [0.2, 0.25) is 10.0 Å². The molecule has 2 fully saturated rings. The van der Waals surface area contributed by atoms with Crippen LogP contribution >= 0.6 is 23.2 Å². The van der Waals surface area contributed by atoms with Gasteiger partial charge in [0.05, 0.1) is 23.8 Å². The Kier molecular flexibility index (Phi) is 29.7. The normalized spacial score (nSPS) is 25.8. The fraction of sp³-hybridized carbons (Fsp3) is 0.420. The lowest BCUT2D eigenvalue weighted by Gasteiger charge is -2.41. The summed E-state index contributed by atoms with van der Waals surface area (Å²) in [5.74, 6) is -16.6. The minimum absolute atomic E-state index is 0.0897. The Hall–Kier alpha value is -11.9. The van der Waals surface area contributed by atoms with Crippen LogP contribution < -0.4 is 71.5 Å². The average molecular weight is 1820 g/mol. The van der Waals surface area contributed by atoms with Gasteiger partial charge in [0.15, 0.2) is 29.1 Å². The molecular formula is C88H100Cl2N10O28.